The molecule has 4 aromatic rings. The lowest BCUT2D eigenvalue weighted by molar-refractivity contribution is 0.0601. The molecule has 1 fully saturated rings. The Morgan fingerprint density at radius 3 is 2.54 bits per heavy atom. The van der Waals surface area contributed by atoms with Crippen LogP contribution in [0.25, 0.3) is 11.3 Å². The summed E-state index contributed by atoms with van der Waals surface area (Å²) in [6.07, 6.45) is 1.74. The zero-order chi connectivity index (χ0) is 25.9. The quantitative estimate of drug-likeness (QED) is 0.259. The fourth-order valence-electron chi connectivity index (χ4n) is 4.53. The maximum atomic E-state index is 12.4. The van der Waals surface area contributed by atoms with Gasteiger partial charge in [0.1, 0.15) is 29.1 Å². The molecule has 0 amide bonds. The van der Waals surface area contributed by atoms with Gasteiger partial charge in [0.2, 0.25) is 0 Å². The fraction of sp³-hybridized carbons (Fsp3) is 0.179. The van der Waals surface area contributed by atoms with E-state index in [0.29, 0.717) is 39.3 Å². The molecule has 0 unspecified atom stereocenters. The number of pyridine rings is 1. The average molecular weight is 516 g/mol. The first-order valence-electron chi connectivity index (χ1n) is 11.6. The maximum Gasteiger partial charge on any atom is 0.338 e. The van der Waals surface area contributed by atoms with E-state index in [9.17, 15) is 4.79 Å². The van der Waals surface area contributed by atoms with Gasteiger partial charge in [0.25, 0.3) is 0 Å². The molecule has 2 aromatic heterocycles. The monoisotopic (exact) mass is 515 g/mol. The molecule has 37 heavy (non-hydrogen) atoms. The fourth-order valence-corrected chi connectivity index (χ4v) is 4.87. The first-order valence-corrected chi connectivity index (χ1v) is 12.0. The molecule has 188 valence electrons. The van der Waals surface area contributed by atoms with Crippen molar-refractivity contribution >= 4 is 29.0 Å². The first-order chi connectivity index (χ1) is 18.0. The molecule has 0 aliphatic carbocycles. The predicted octanol–water partition coefficient (Wildman–Crippen LogP) is 5.32. The zero-order valence-corrected chi connectivity index (χ0v) is 21.3. The van der Waals surface area contributed by atoms with Gasteiger partial charge in [-0.3, -0.25) is 4.98 Å². The Kier molecular flexibility index (Phi) is 6.78. The summed E-state index contributed by atoms with van der Waals surface area (Å²) in [5, 5.41) is 3.89. The molecule has 1 aliphatic heterocycles. The van der Waals surface area contributed by atoms with Crippen LogP contribution < -0.4 is 19.7 Å². The van der Waals surface area contributed by atoms with Gasteiger partial charge in [-0.05, 0) is 54.7 Å². The molecule has 0 radical (unpaired) electrons. The number of esters is 1. The Labute approximate surface area is 219 Å². The molecular weight excluding hydrogens is 490 g/mol. The second kappa shape index (κ2) is 10.3. The number of carbonyl (C=O) groups is 1. The summed E-state index contributed by atoms with van der Waals surface area (Å²) in [6, 6.07) is 21.4. The number of furan rings is 1. The largest absolute Gasteiger partial charge is 0.497 e. The van der Waals surface area contributed by atoms with E-state index in [1.807, 2.05) is 65.6 Å². The van der Waals surface area contributed by atoms with Gasteiger partial charge in [-0.25, -0.2) is 4.79 Å². The highest BCUT2D eigenvalue weighted by molar-refractivity contribution is 7.80. The van der Waals surface area contributed by atoms with E-state index in [2.05, 4.69) is 10.3 Å². The summed E-state index contributed by atoms with van der Waals surface area (Å²) >= 11 is 5.82. The van der Waals surface area contributed by atoms with E-state index in [1.165, 1.54) is 7.11 Å². The van der Waals surface area contributed by atoms with Crippen LogP contribution in [0.4, 0.5) is 5.69 Å². The topological polar surface area (TPSA) is 86.1 Å². The zero-order valence-electron chi connectivity index (χ0n) is 20.5. The molecule has 0 bridgehead atoms. The van der Waals surface area contributed by atoms with Gasteiger partial charge in [-0.2, -0.15) is 0 Å². The number of nitrogens with one attached hydrogen (secondary N) is 1. The van der Waals surface area contributed by atoms with Crippen molar-refractivity contribution in [3.63, 3.8) is 0 Å². The number of carbonyl (C=O) groups excluding carboxylic acids is 1. The highest BCUT2D eigenvalue weighted by atomic mass is 32.1. The van der Waals surface area contributed by atoms with Crippen LogP contribution in [0, 0.1) is 0 Å². The summed E-state index contributed by atoms with van der Waals surface area (Å²) < 4.78 is 22.5. The molecule has 1 saturated heterocycles. The normalized spacial score (nSPS) is 16.8. The highest BCUT2D eigenvalue weighted by Gasteiger charge is 2.43. The summed E-state index contributed by atoms with van der Waals surface area (Å²) in [6.45, 7) is 0. The lowest BCUT2D eigenvalue weighted by Crippen LogP contribution is -2.29. The number of hydrogen-bond acceptors (Lipinski definition) is 7. The van der Waals surface area contributed by atoms with Crippen LogP contribution >= 0.6 is 12.2 Å². The number of nitrogens with zero attached hydrogens (tertiary/aromatic N) is 2. The predicted molar refractivity (Wildman–Crippen MR) is 143 cm³/mol. The van der Waals surface area contributed by atoms with Crippen molar-refractivity contribution in [1.82, 2.24) is 10.3 Å². The van der Waals surface area contributed by atoms with Crippen molar-refractivity contribution < 1.29 is 23.4 Å². The molecule has 8 nitrogen and oxygen atoms in total. The van der Waals surface area contributed by atoms with Crippen LogP contribution in [0.2, 0.25) is 0 Å². The van der Waals surface area contributed by atoms with Crippen molar-refractivity contribution in [2.45, 2.75) is 12.1 Å². The van der Waals surface area contributed by atoms with Gasteiger partial charge in [-0.15, -0.1) is 0 Å². The first kappa shape index (κ1) is 24.3. The molecule has 3 heterocycles. The van der Waals surface area contributed by atoms with Gasteiger partial charge in [0, 0.05) is 17.8 Å². The van der Waals surface area contributed by atoms with Crippen molar-refractivity contribution in [1.29, 1.82) is 0 Å². The van der Waals surface area contributed by atoms with E-state index in [-0.39, 0.29) is 6.04 Å². The van der Waals surface area contributed by atoms with E-state index in [1.54, 1.807) is 32.5 Å². The Morgan fingerprint density at radius 2 is 1.81 bits per heavy atom. The van der Waals surface area contributed by atoms with Crippen LogP contribution in [0.15, 0.2) is 83.4 Å². The molecule has 9 heteroatoms. The van der Waals surface area contributed by atoms with Crippen molar-refractivity contribution in [3.8, 4) is 22.8 Å². The van der Waals surface area contributed by atoms with Crippen LogP contribution in [0.3, 0.4) is 0 Å². The third kappa shape index (κ3) is 4.49. The molecule has 2 aromatic carbocycles. The minimum atomic E-state index is -0.439. The molecule has 1 aliphatic rings. The molecule has 2 atom stereocenters. The number of thiocarbonyl (C=S) groups is 1. The number of anilines is 1. The van der Waals surface area contributed by atoms with E-state index < -0.39 is 12.0 Å². The molecular formula is C28H25N3O5S. The summed E-state index contributed by atoms with van der Waals surface area (Å²) in [5.41, 5.74) is 2.57. The summed E-state index contributed by atoms with van der Waals surface area (Å²) in [5.74, 6) is 2.00. The van der Waals surface area contributed by atoms with Crippen LogP contribution in [0.1, 0.15) is 33.9 Å². The van der Waals surface area contributed by atoms with Gasteiger partial charge in [-0.1, -0.05) is 24.3 Å². The van der Waals surface area contributed by atoms with Crippen molar-refractivity contribution in [3.05, 3.63) is 96.0 Å². The number of methoxy groups -OCH3 is 3. The number of benzene rings is 2. The smallest absolute Gasteiger partial charge is 0.338 e. The van der Waals surface area contributed by atoms with Crippen molar-refractivity contribution in [2.24, 2.45) is 0 Å². The lowest BCUT2D eigenvalue weighted by Gasteiger charge is -2.27. The van der Waals surface area contributed by atoms with Gasteiger partial charge >= 0.3 is 5.97 Å². The molecule has 0 spiro atoms. The average Bonchev–Trinajstić information content (AvgIpc) is 3.57. The van der Waals surface area contributed by atoms with Crippen molar-refractivity contribution in [2.75, 3.05) is 26.2 Å². The number of aromatic nitrogens is 1. The SMILES string of the molecule is COC(=O)c1ccccc1-c1ccc([C@H]2[C@H](c3ccccn3)NC(=S)N2c2cc(OC)ccc2OC)o1. The standard InChI is InChI=1S/C28H25N3O5S/c1-33-17-11-12-23(34-2)21(16-17)31-26(25(30-28(31)37)20-10-6-7-15-29-20)24-14-13-22(36-24)18-8-4-5-9-19(18)27(32)35-3/h4-16,25-26H,1-3H3,(H,30,37)/t25-,26-/m0/s1. The van der Waals surface area contributed by atoms with E-state index >= 15 is 0 Å². The second-order valence-electron chi connectivity index (χ2n) is 8.27. The number of rotatable bonds is 7. The Bertz CT molecular complexity index is 1440. The van der Waals surface area contributed by atoms with E-state index in [0.717, 1.165) is 11.4 Å². The van der Waals surface area contributed by atoms with Gasteiger partial charge in [0.15, 0.2) is 5.11 Å². The third-order valence-electron chi connectivity index (χ3n) is 6.26. The minimum absolute atomic E-state index is 0.320. The van der Waals surface area contributed by atoms with Crippen LogP contribution in [-0.2, 0) is 4.74 Å². The molecule has 0 saturated carbocycles. The Balaban J connectivity index is 1.65. The van der Waals surface area contributed by atoms with Crippen LogP contribution in [-0.4, -0.2) is 37.4 Å². The third-order valence-corrected chi connectivity index (χ3v) is 6.57. The number of hydrogen-bond donors (Lipinski definition) is 1. The Morgan fingerprint density at radius 1 is 1.00 bits per heavy atom. The number of ether oxygens (including phenoxy) is 3. The molecule has 5 rings (SSSR count). The highest BCUT2D eigenvalue weighted by Crippen LogP contribution is 2.46. The van der Waals surface area contributed by atoms with Gasteiger partial charge < -0.3 is 28.8 Å². The lowest BCUT2D eigenvalue weighted by atomic mass is 10.0. The van der Waals surface area contributed by atoms with Crippen LogP contribution in [0.5, 0.6) is 11.5 Å². The molecule has 1 N–H and O–H groups in total. The second-order valence-corrected chi connectivity index (χ2v) is 8.66. The Hall–Kier alpha value is -4.37. The summed E-state index contributed by atoms with van der Waals surface area (Å²) in [4.78, 5) is 18.9. The van der Waals surface area contributed by atoms with E-state index in [4.69, 9.17) is 30.8 Å². The maximum absolute atomic E-state index is 12.4. The summed E-state index contributed by atoms with van der Waals surface area (Å²) in [7, 11) is 4.57. The van der Waals surface area contributed by atoms with Gasteiger partial charge in [0.05, 0.1) is 44.3 Å². The minimum Gasteiger partial charge on any atom is -0.497 e.